The molecule has 2 saturated carbocycles. The van der Waals surface area contributed by atoms with Crippen LogP contribution >= 0.6 is 0 Å². The highest BCUT2D eigenvalue weighted by Gasteiger charge is 2.21. The van der Waals surface area contributed by atoms with Gasteiger partial charge in [0.2, 0.25) is 0 Å². The molecule has 0 radical (unpaired) electrons. The summed E-state index contributed by atoms with van der Waals surface area (Å²) in [4.78, 5) is 0. The maximum Gasteiger partial charge on any atom is -0.0386 e. The molecule has 2 rings (SSSR count). The van der Waals surface area contributed by atoms with E-state index < -0.39 is 0 Å². The summed E-state index contributed by atoms with van der Waals surface area (Å²) >= 11 is 0. The van der Waals surface area contributed by atoms with Gasteiger partial charge in [0.15, 0.2) is 0 Å². The lowest BCUT2D eigenvalue weighted by atomic mass is 9.77. The minimum absolute atomic E-state index is 1.10. The molecule has 0 amide bonds. The highest BCUT2D eigenvalue weighted by atomic mass is 14.3. The van der Waals surface area contributed by atoms with E-state index in [1.807, 2.05) is 0 Å². The maximum absolute atomic E-state index is 1.56. The monoisotopic (exact) mass is 236 g/mol. The Hall–Kier alpha value is 0. The van der Waals surface area contributed by atoms with Crippen molar-refractivity contribution in [1.29, 1.82) is 0 Å². The Morgan fingerprint density at radius 1 is 0.294 bits per heavy atom. The minimum atomic E-state index is 1.10. The van der Waals surface area contributed by atoms with E-state index in [1.165, 1.54) is 70.6 Å². The summed E-state index contributed by atoms with van der Waals surface area (Å²) in [7, 11) is 0. The normalized spacial score (nSPS) is 27.5. The summed E-state index contributed by atoms with van der Waals surface area (Å²) in [5, 5.41) is 0. The van der Waals surface area contributed by atoms with E-state index in [-0.39, 0.29) is 0 Å². The van der Waals surface area contributed by atoms with Gasteiger partial charge in [0, 0.05) is 0 Å². The minimum Gasteiger partial charge on any atom is -0.0533 e. The first-order valence-corrected chi connectivity index (χ1v) is 8.47. The van der Waals surface area contributed by atoms with Crippen LogP contribution in [-0.2, 0) is 0 Å². The van der Waals surface area contributed by atoms with Gasteiger partial charge in [0.25, 0.3) is 0 Å². The third-order valence-electron chi connectivity index (χ3n) is 5.22. The topological polar surface area (TPSA) is 0 Å². The fourth-order valence-electron chi connectivity index (χ4n) is 4.10. The predicted molar refractivity (Wildman–Crippen MR) is 76.2 cm³/mol. The fourth-order valence-corrected chi connectivity index (χ4v) is 4.10. The second kappa shape index (κ2) is 8.16. The second-order valence-electron chi connectivity index (χ2n) is 6.56. The lowest BCUT2D eigenvalue weighted by molar-refractivity contribution is 0.233. The Morgan fingerprint density at radius 2 is 0.529 bits per heavy atom. The van der Waals surface area contributed by atoms with E-state index in [0.717, 1.165) is 11.8 Å². The number of hydrogen-bond acceptors (Lipinski definition) is 0. The molecule has 100 valence electrons. The van der Waals surface area contributed by atoms with Crippen molar-refractivity contribution < 1.29 is 0 Å². The zero-order valence-electron chi connectivity index (χ0n) is 11.8. The van der Waals surface area contributed by atoms with E-state index in [0.29, 0.717) is 0 Å². The molecule has 0 heterocycles. The van der Waals surface area contributed by atoms with Crippen molar-refractivity contribution >= 4 is 0 Å². The molecule has 0 heteroatoms. The highest BCUT2D eigenvalue weighted by molar-refractivity contribution is 4.74. The van der Waals surface area contributed by atoms with Gasteiger partial charge in [-0.15, -0.1) is 0 Å². The van der Waals surface area contributed by atoms with E-state index in [1.54, 1.807) is 25.7 Å². The van der Waals surface area contributed by atoms with Crippen molar-refractivity contribution in [2.45, 2.75) is 96.3 Å². The maximum atomic E-state index is 1.56. The van der Waals surface area contributed by atoms with Crippen LogP contribution in [-0.4, -0.2) is 0 Å². The molecule has 0 aromatic rings. The third-order valence-corrected chi connectivity index (χ3v) is 5.22. The number of rotatable bonds is 1. The molecule has 0 saturated heterocycles. The molecule has 0 spiro atoms. The van der Waals surface area contributed by atoms with Gasteiger partial charge in [0.05, 0.1) is 0 Å². The second-order valence-corrected chi connectivity index (χ2v) is 6.56. The predicted octanol–water partition coefficient (Wildman–Crippen LogP) is 6.10. The molecule has 2 aliphatic rings. The quantitative estimate of drug-likeness (QED) is 0.516. The Labute approximate surface area is 109 Å². The van der Waals surface area contributed by atoms with E-state index in [4.69, 9.17) is 0 Å². The van der Waals surface area contributed by atoms with Gasteiger partial charge in [-0.2, -0.15) is 0 Å². The third kappa shape index (κ3) is 5.02. The van der Waals surface area contributed by atoms with Crippen LogP contribution in [0.15, 0.2) is 0 Å². The van der Waals surface area contributed by atoms with Gasteiger partial charge in [-0.3, -0.25) is 0 Å². The Morgan fingerprint density at radius 3 is 0.824 bits per heavy atom. The molecule has 0 bridgehead atoms. The van der Waals surface area contributed by atoms with Crippen molar-refractivity contribution in [1.82, 2.24) is 0 Å². The first-order valence-electron chi connectivity index (χ1n) is 8.47. The van der Waals surface area contributed by atoms with E-state index in [2.05, 4.69) is 0 Å². The lowest BCUT2D eigenvalue weighted by Gasteiger charge is -2.28. The Kier molecular flexibility index (Phi) is 6.45. The van der Waals surface area contributed by atoms with Gasteiger partial charge in [0.1, 0.15) is 0 Å². The first-order chi connectivity index (χ1) is 8.47. The molecule has 17 heavy (non-hydrogen) atoms. The molecule has 0 unspecified atom stereocenters. The Bertz CT molecular complexity index is 166. The van der Waals surface area contributed by atoms with Gasteiger partial charge in [-0.05, 0) is 11.8 Å². The molecule has 2 aliphatic carbocycles. The van der Waals surface area contributed by atoms with Crippen LogP contribution in [0.5, 0.6) is 0 Å². The van der Waals surface area contributed by atoms with Crippen molar-refractivity contribution in [3.63, 3.8) is 0 Å². The van der Waals surface area contributed by atoms with Crippen LogP contribution < -0.4 is 0 Å². The van der Waals surface area contributed by atoms with Crippen molar-refractivity contribution in [2.75, 3.05) is 0 Å². The van der Waals surface area contributed by atoms with E-state index in [9.17, 15) is 0 Å². The molecule has 0 aliphatic heterocycles. The largest absolute Gasteiger partial charge is 0.0533 e. The van der Waals surface area contributed by atoms with Gasteiger partial charge in [-0.25, -0.2) is 0 Å². The Balaban J connectivity index is 1.82. The van der Waals surface area contributed by atoms with Gasteiger partial charge < -0.3 is 0 Å². The zero-order chi connectivity index (χ0) is 11.8. The van der Waals surface area contributed by atoms with Crippen LogP contribution in [0.1, 0.15) is 96.3 Å². The van der Waals surface area contributed by atoms with Gasteiger partial charge in [-0.1, -0.05) is 96.3 Å². The van der Waals surface area contributed by atoms with Crippen molar-refractivity contribution in [3.05, 3.63) is 0 Å². The van der Waals surface area contributed by atoms with Crippen molar-refractivity contribution in [3.8, 4) is 0 Å². The molecule has 2 fully saturated rings. The molecule has 0 aromatic carbocycles. The summed E-state index contributed by atoms with van der Waals surface area (Å²) < 4.78 is 0. The summed E-state index contributed by atoms with van der Waals surface area (Å²) in [6.45, 7) is 0. The van der Waals surface area contributed by atoms with Crippen LogP contribution in [0.2, 0.25) is 0 Å². The first kappa shape index (κ1) is 13.4. The summed E-state index contributed by atoms with van der Waals surface area (Å²) in [5.41, 5.74) is 0. The van der Waals surface area contributed by atoms with E-state index >= 15 is 0 Å². The van der Waals surface area contributed by atoms with Crippen LogP contribution in [0.4, 0.5) is 0 Å². The molecule has 0 N–H and O–H groups in total. The molecule has 0 atom stereocenters. The lowest BCUT2D eigenvalue weighted by Crippen LogP contribution is -2.16. The average molecular weight is 236 g/mol. The molecule has 0 nitrogen and oxygen atoms in total. The van der Waals surface area contributed by atoms with Crippen molar-refractivity contribution in [2.24, 2.45) is 11.8 Å². The standard InChI is InChI=1S/C17H32/c1-2-5-9-13-16(12-8-4-1)17-14-10-6-3-7-11-15-17/h16-17H,1-15H2. The highest BCUT2D eigenvalue weighted by Crippen LogP contribution is 2.35. The summed E-state index contributed by atoms with van der Waals surface area (Å²) in [5.74, 6) is 2.21. The zero-order valence-corrected chi connectivity index (χ0v) is 11.8. The van der Waals surface area contributed by atoms with Crippen LogP contribution in [0.25, 0.3) is 0 Å². The average Bonchev–Trinajstić information content (AvgIpc) is 2.42. The number of hydrogen-bond donors (Lipinski definition) is 0. The smallest absolute Gasteiger partial charge is 0.0386 e. The molecular formula is C17H32. The van der Waals surface area contributed by atoms with Crippen LogP contribution in [0.3, 0.4) is 0 Å². The summed E-state index contributed by atoms with van der Waals surface area (Å²) in [6, 6.07) is 0. The fraction of sp³-hybridized carbons (Fsp3) is 1.00. The van der Waals surface area contributed by atoms with Crippen LogP contribution in [0, 0.1) is 11.8 Å². The molecule has 0 aromatic heterocycles. The molecular weight excluding hydrogens is 204 g/mol. The summed E-state index contributed by atoms with van der Waals surface area (Å²) in [6.07, 6.45) is 23.0. The SMILES string of the molecule is C1CCCCC(C2CCCCCCC2)CCC1. The van der Waals surface area contributed by atoms with Gasteiger partial charge >= 0.3 is 0 Å².